The SMILES string of the molecule is COc1ccc(NCC2CCN(Cc3ccccc3)CC2)cc1. The average Bonchev–Trinajstić information content (AvgIpc) is 2.62. The third kappa shape index (κ3) is 4.73. The first-order chi connectivity index (χ1) is 11.3. The van der Waals surface area contributed by atoms with Crippen LogP contribution in [0.3, 0.4) is 0 Å². The zero-order valence-corrected chi connectivity index (χ0v) is 13.9. The first-order valence-electron chi connectivity index (χ1n) is 8.47. The fourth-order valence-corrected chi connectivity index (χ4v) is 3.16. The van der Waals surface area contributed by atoms with Crippen molar-refractivity contribution < 1.29 is 4.74 Å². The Morgan fingerprint density at radius 3 is 2.35 bits per heavy atom. The molecule has 0 spiro atoms. The van der Waals surface area contributed by atoms with E-state index in [4.69, 9.17) is 4.74 Å². The van der Waals surface area contributed by atoms with Gasteiger partial charge in [-0.3, -0.25) is 4.90 Å². The fourth-order valence-electron chi connectivity index (χ4n) is 3.16. The molecule has 1 heterocycles. The Labute approximate surface area is 139 Å². The van der Waals surface area contributed by atoms with Gasteiger partial charge in [-0.05, 0) is 61.7 Å². The van der Waals surface area contributed by atoms with Gasteiger partial charge in [0.2, 0.25) is 0 Å². The average molecular weight is 310 g/mol. The van der Waals surface area contributed by atoms with Gasteiger partial charge < -0.3 is 10.1 Å². The van der Waals surface area contributed by atoms with Crippen molar-refractivity contribution in [1.29, 1.82) is 0 Å². The fraction of sp³-hybridized carbons (Fsp3) is 0.400. The number of ether oxygens (including phenoxy) is 1. The summed E-state index contributed by atoms with van der Waals surface area (Å²) in [5.41, 5.74) is 2.60. The number of nitrogens with zero attached hydrogens (tertiary/aromatic N) is 1. The van der Waals surface area contributed by atoms with Crippen LogP contribution in [0.4, 0.5) is 5.69 Å². The van der Waals surface area contributed by atoms with Crippen molar-refractivity contribution in [3.05, 3.63) is 60.2 Å². The summed E-state index contributed by atoms with van der Waals surface area (Å²) in [7, 11) is 1.70. The molecule has 1 saturated heterocycles. The number of hydrogen-bond donors (Lipinski definition) is 1. The molecule has 3 nitrogen and oxygen atoms in total. The van der Waals surface area contributed by atoms with E-state index >= 15 is 0 Å². The number of anilines is 1. The van der Waals surface area contributed by atoms with E-state index in [1.165, 1.54) is 37.2 Å². The highest BCUT2D eigenvalue weighted by molar-refractivity contribution is 5.46. The van der Waals surface area contributed by atoms with Crippen LogP contribution in [-0.4, -0.2) is 31.6 Å². The lowest BCUT2D eigenvalue weighted by molar-refractivity contribution is 0.182. The van der Waals surface area contributed by atoms with Gasteiger partial charge in [0.1, 0.15) is 5.75 Å². The molecule has 1 aliphatic heterocycles. The van der Waals surface area contributed by atoms with Crippen molar-refractivity contribution in [2.45, 2.75) is 19.4 Å². The highest BCUT2D eigenvalue weighted by Crippen LogP contribution is 2.21. The number of nitrogens with one attached hydrogen (secondary N) is 1. The van der Waals surface area contributed by atoms with Crippen molar-refractivity contribution in [1.82, 2.24) is 4.90 Å². The van der Waals surface area contributed by atoms with Gasteiger partial charge in [-0.25, -0.2) is 0 Å². The van der Waals surface area contributed by atoms with Gasteiger partial charge in [-0.15, -0.1) is 0 Å². The quantitative estimate of drug-likeness (QED) is 0.872. The Morgan fingerprint density at radius 1 is 1.00 bits per heavy atom. The van der Waals surface area contributed by atoms with Crippen LogP contribution in [0.2, 0.25) is 0 Å². The van der Waals surface area contributed by atoms with Crippen LogP contribution in [-0.2, 0) is 6.54 Å². The first-order valence-corrected chi connectivity index (χ1v) is 8.47. The molecule has 3 heteroatoms. The molecular formula is C20H26N2O. The Bertz CT molecular complexity index is 574. The maximum absolute atomic E-state index is 5.19. The molecule has 1 fully saturated rings. The molecule has 2 aromatic rings. The number of methoxy groups -OCH3 is 1. The lowest BCUT2D eigenvalue weighted by Crippen LogP contribution is -2.35. The summed E-state index contributed by atoms with van der Waals surface area (Å²) < 4.78 is 5.19. The van der Waals surface area contributed by atoms with Crippen LogP contribution < -0.4 is 10.1 Å². The predicted molar refractivity (Wildman–Crippen MR) is 95.9 cm³/mol. The molecule has 0 radical (unpaired) electrons. The van der Waals surface area contributed by atoms with Crippen LogP contribution >= 0.6 is 0 Å². The molecule has 1 N–H and O–H groups in total. The maximum atomic E-state index is 5.19. The minimum atomic E-state index is 0.768. The van der Waals surface area contributed by atoms with E-state index in [9.17, 15) is 0 Å². The van der Waals surface area contributed by atoms with E-state index in [0.717, 1.165) is 24.8 Å². The van der Waals surface area contributed by atoms with E-state index < -0.39 is 0 Å². The molecule has 2 aromatic carbocycles. The number of benzene rings is 2. The zero-order chi connectivity index (χ0) is 15.9. The van der Waals surface area contributed by atoms with Crippen molar-refractivity contribution in [2.75, 3.05) is 32.1 Å². The van der Waals surface area contributed by atoms with Crippen molar-refractivity contribution in [3.8, 4) is 5.75 Å². The Balaban J connectivity index is 1.40. The third-order valence-corrected chi connectivity index (χ3v) is 4.64. The second-order valence-electron chi connectivity index (χ2n) is 6.31. The largest absolute Gasteiger partial charge is 0.497 e. The van der Waals surface area contributed by atoms with Gasteiger partial charge >= 0.3 is 0 Å². The number of rotatable bonds is 6. The van der Waals surface area contributed by atoms with Gasteiger partial charge in [-0.1, -0.05) is 30.3 Å². The van der Waals surface area contributed by atoms with Gasteiger partial charge in [0, 0.05) is 18.8 Å². The van der Waals surface area contributed by atoms with E-state index in [2.05, 4.69) is 52.7 Å². The molecular weight excluding hydrogens is 284 g/mol. The molecule has 0 bridgehead atoms. The van der Waals surface area contributed by atoms with E-state index in [1.807, 2.05) is 12.1 Å². The normalized spacial score (nSPS) is 16.2. The highest BCUT2D eigenvalue weighted by atomic mass is 16.5. The third-order valence-electron chi connectivity index (χ3n) is 4.64. The van der Waals surface area contributed by atoms with E-state index in [0.29, 0.717) is 0 Å². The van der Waals surface area contributed by atoms with Crippen molar-refractivity contribution >= 4 is 5.69 Å². The Morgan fingerprint density at radius 2 is 1.70 bits per heavy atom. The smallest absolute Gasteiger partial charge is 0.119 e. The van der Waals surface area contributed by atoms with Gasteiger partial charge in [-0.2, -0.15) is 0 Å². The summed E-state index contributed by atoms with van der Waals surface area (Å²) in [6.45, 7) is 4.54. The van der Waals surface area contributed by atoms with Gasteiger partial charge in [0.25, 0.3) is 0 Å². The summed E-state index contributed by atoms with van der Waals surface area (Å²) in [6.07, 6.45) is 2.55. The molecule has 0 aromatic heterocycles. The first kappa shape index (κ1) is 15.9. The molecule has 23 heavy (non-hydrogen) atoms. The number of piperidine rings is 1. The molecule has 122 valence electrons. The second-order valence-corrected chi connectivity index (χ2v) is 6.31. The molecule has 0 aliphatic carbocycles. The molecule has 0 amide bonds. The van der Waals surface area contributed by atoms with Gasteiger partial charge in [0.15, 0.2) is 0 Å². The summed E-state index contributed by atoms with van der Waals surface area (Å²) in [6, 6.07) is 19.0. The minimum Gasteiger partial charge on any atom is -0.497 e. The maximum Gasteiger partial charge on any atom is 0.119 e. The van der Waals surface area contributed by atoms with Gasteiger partial charge in [0.05, 0.1) is 7.11 Å². The van der Waals surface area contributed by atoms with Crippen molar-refractivity contribution in [2.24, 2.45) is 5.92 Å². The second kappa shape index (κ2) is 8.02. The minimum absolute atomic E-state index is 0.768. The van der Waals surface area contributed by atoms with Crippen LogP contribution in [0.15, 0.2) is 54.6 Å². The molecule has 3 rings (SSSR count). The summed E-state index contributed by atoms with van der Waals surface area (Å²) in [5, 5.41) is 3.56. The predicted octanol–water partition coefficient (Wildman–Crippen LogP) is 4.02. The summed E-state index contributed by atoms with van der Waals surface area (Å²) >= 11 is 0. The monoisotopic (exact) mass is 310 g/mol. The molecule has 1 aliphatic rings. The van der Waals surface area contributed by atoms with E-state index in [1.54, 1.807) is 7.11 Å². The summed E-state index contributed by atoms with van der Waals surface area (Å²) in [5.74, 6) is 1.67. The highest BCUT2D eigenvalue weighted by Gasteiger charge is 2.18. The van der Waals surface area contributed by atoms with E-state index in [-0.39, 0.29) is 0 Å². The van der Waals surface area contributed by atoms with Crippen LogP contribution in [0.25, 0.3) is 0 Å². The lowest BCUT2D eigenvalue weighted by Gasteiger charge is -2.32. The molecule has 0 atom stereocenters. The lowest BCUT2D eigenvalue weighted by atomic mass is 9.96. The topological polar surface area (TPSA) is 24.5 Å². The standard InChI is InChI=1S/C20H26N2O/c1-23-20-9-7-19(8-10-20)21-15-17-11-13-22(14-12-17)16-18-5-3-2-4-6-18/h2-10,17,21H,11-16H2,1H3. The Kier molecular flexibility index (Phi) is 5.54. The number of hydrogen-bond acceptors (Lipinski definition) is 3. The van der Waals surface area contributed by atoms with Crippen LogP contribution in [0.5, 0.6) is 5.75 Å². The van der Waals surface area contributed by atoms with Crippen molar-refractivity contribution in [3.63, 3.8) is 0 Å². The zero-order valence-electron chi connectivity index (χ0n) is 13.9. The summed E-state index contributed by atoms with van der Waals surface area (Å²) in [4.78, 5) is 2.57. The molecule has 0 saturated carbocycles. The van der Waals surface area contributed by atoms with Crippen LogP contribution in [0, 0.1) is 5.92 Å². The molecule has 0 unspecified atom stereocenters. The number of likely N-dealkylation sites (tertiary alicyclic amines) is 1. The van der Waals surface area contributed by atoms with Crippen LogP contribution in [0.1, 0.15) is 18.4 Å². The Hall–Kier alpha value is -2.00.